The Hall–Kier alpha value is -0.990. The van der Waals surface area contributed by atoms with E-state index in [1.165, 1.54) is 6.42 Å². The first-order chi connectivity index (χ1) is 8.67. The molecule has 1 fully saturated rings. The molecule has 18 heavy (non-hydrogen) atoms. The highest BCUT2D eigenvalue weighted by Gasteiger charge is 2.23. The molecule has 0 radical (unpaired) electrons. The van der Waals surface area contributed by atoms with Crippen molar-refractivity contribution in [3.63, 3.8) is 0 Å². The summed E-state index contributed by atoms with van der Waals surface area (Å²) in [5, 5.41) is 3.42. The van der Waals surface area contributed by atoms with Crippen molar-refractivity contribution in [1.29, 1.82) is 0 Å². The zero-order valence-electron chi connectivity index (χ0n) is 12.4. The number of likely N-dealkylation sites (tertiary alicyclic amines) is 1. The van der Waals surface area contributed by atoms with Gasteiger partial charge >= 0.3 is 0 Å². The Bertz CT molecular complexity index is 273. The Balaban J connectivity index is 2.58. The van der Waals surface area contributed by atoms with Crippen LogP contribution in [-0.2, 0) is 0 Å². The molecule has 0 aromatic heterocycles. The van der Waals surface area contributed by atoms with Crippen molar-refractivity contribution in [3.05, 3.63) is 12.2 Å². The molecule has 104 valence electrons. The lowest BCUT2D eigenvalue weighted by molar-refractivity contribution is 0.208. The third-order valence-electron chi connectivity index (χ3n) is 3.30. The van der Waals surface area contributed by atoms with Gasteiger partial charge in [-0.1, -0.05) is 26.0 Å². The van der Waals surface area contributed by atoms with E-state index in [2.05, 4.69) is 50.1 Å². The average molecular weight is 251 g/mol. The number of aliphatic imine (C=N–C) groups is 1. The number of rotatable bonds is 4. The second kappa shape index (κ2) is 8.17. The van der Waals surface area contributed by atoms with Crippen molar-refractivity contribution in [3.8, 4) is 0 Å². The van der Waals surface area contributed by atoms with Gasteiger partial charge in [0.1, 0.15) is 0 Å². The fourth-order valence-corrected chi connectivity index (χ4v) is 2.67. The fourth-order valence-electron chi connectivity index (χ4n) is 2.67. The molecule has 0 aromatic rings. The van der Waals surface area contributed by atoms with Gasteiger partial charge in [-0.25, -0.2) is 0 Å². The number of hydrogen-bond acceptors (Lipinski definition) is 1. The first-order valence-electron chi connectivity index (χ1n) is 7.31. The van der Waals surface area contributed by atoms with Gasteiger partial charge in [0.15, 0.2) is 5.96 Å². The molecular weight excluding hydrogens is 222 g/mol. The minimum atomic E-state index is 0.771. The summed E-state index contributed by atoms with van der Waals surface area (Å²) in [5.41, 5.74) is 0. The largest absolute Gasteiger partial charge is 0.357 e. The highest BCUT2D eigenvalue weighted by molar-refractivity contribution is 5.80. The molecule has 3 heteroatoms. The zero-order chi connectivity index (χ0) is 13.4. The van der Waals surface area contributed by atoms with E-state index >= 15 is 0 Å². The van der Waals surface area contributed by atoms with E-state index in [9.17, 15) is 0 Å². The van der Waals surface area contributed by atoms with E-state index in [1.54, 1.807) is 0 Å². The standard InChI is InChI=1S/C15H29N3/c1-5-7-8-9-17-15(16-6-2)18-11-13(3)10-14(4)12-18/h5,7,13-14H,6,8-12H2,1-4H3,(H,16,17)/b7-5+. The molecule has 0 saturated carbocycles. The Kier molecular flexibility index (Phi) is 6.84. The molecule has 3 nitrogen and oxygen atoms in total. The Morgan fingerprint density at radius 3 is 2.56 bits per heavy atom. The number of nitrogens with one attached hydrogen (secondary N) is 1. The monoisotopic (exact) mass is 251 g/mol. The van der Waals surface area contributed by atoms with Gasteiger partial charge in [0.25, 0.3) is 0 Å². The van der Waals surface area contributed by atoms with Crippen LogP contribution in [0.1, 0.15) is 40.5 Å². The van der Waals surface area contributed by atoms with E-state index in [0.29, 0.717) is 0 Å². The molecule has 1 heterocycles. The summed E-state index contributed by atoms with van der Waals surface area (Å²) in [4.78, 5) is 7.15. The predicted octanol–water partition coefficient (Wildman–Crippen LogP) is 2.90. The molecule has 0 spiro atoms. The van der Waals surface area contributed by atoms with Gasteiger partial charge < -0.3 is 10.2 Å². The van der Waals surface area contributed by atoms with Gasteiger partial charge in [0.05, 0.1) is 0 Å². The minimum Gasteiger partial charge on any atom is -0.357 e. The molecule has 0 amide bonds. The topological polar surface area (TPSA) is 27.6 Å². The molecule has 0 aromatic carbocycles. The van der Waals surface area contributed by atoms with Gasteiger partial charge in [0, 0.05) is 26.2 Å². The quantitative estimate of drug-likeness (QED) is 0.360. The minimum absolute atomic E-state index is 0.771. The van der Waals surface area contributed by atoms with Crippen LogP contribution < -0.4 is 5.32 Å². The molecule has 1 rings (SSSR count). The maximum Gasteiger partial charge on any atom is 0.193 e. The first kappa shape index (κ1) is 15.1. The lowest BCUT2D eigenvalue weighted by Gasteiger charge is -2.37. The van der Waals surface area contributed by atoms with Crippen LogP contribution in [0.25, 0.3) is 0 Å². The number of guanidine groups is 1. The maximum absolute atomic E-state index is 4.72. The van der Waals surface area contributed by atoms with Gasteiger partial charge in [-0.3, -0.25) is 4.99 Å². The summed E-state index contributed by atoms with van der Waals surface area (Å²) in [6.07, 6.45) is 6.64. The van der Waals surface area contributed by atoms with Crippen LogP contribution >= 0.6 is 0 Å². The zero-order valence-corrected chi connectivity index (χ0v) is 12.4. The van der Waals surface area contributed by atoms with Gasteiger partial charge in [-0.2, -0.15) is 0 Å². The third-order valence-corrected chi connectivity index (χ3v) is 3.30. The SMILES string of the molecule is C/C=C/CCN=C(NCC)N1CC(C)CC(C)C1. The molecule has 1 N–H and O–H groups in total. The Morgan fingerprint density at radius 1 is 1.33 bits per heavy atom. The van der Waals surface area contributed by atoms with Gasteiger partial charge in [-0.15, -0.1) is 0 Å². The molecular formula is C15H29N3. The molecule has 0 aliphatic carbocycles. The van der Waals surface area contributed by atoms with Gasteiger partial charge in [-0.05, 0) is 38.5 Å². The molecule has 1 saturated heterocycles. The van der Waals surface area contributed by atoms with E-state index in [0.717, 1.165) is 50.4 Å². The second-order valence-corrected chi connectivity index (χ2v) is 5.44. The summed E-state index contributed by atoms with van der Waals surface area (Å²) in [5.74, 6) is 2.64. The van der Waals surface area contributed by atoms with Crippen LogP contribution in [0, 0.1) is 11.8 Å². The van der Waals surface area contributed by atoms with Crippen LogP contribution in [0.5, 0.6) is 0 Å². The number of allylic oxidation sites excluding steroid dienone is 1. The van der Waals surface area contributed by atoms with Crippen LogP contribution in [0.2, 0.25) is 0 Å². The maximum atomic E-state index is 4.72. The first-order valence-corrected chi connectivity index (χ1v) is 7.31. The van der Waals surface area contributed by atoms with Crippen LogP contribution in [0.3, 0.4) is 0 Å². The summed E-state index contributed by atoms with van der Waals surface area (Å²) in [6, 6.07) is 0. The molecule has 1 aliphatic heterocycles. The predicted molar refractivity (Wildman–Crippen MR) is 79.9 cm³/mol. The summed E-state index contributed by atoms with van der Waals surface area (Å²) in [6.45, 7) is 13.0. The Morgan fingerprint density at radius 2 is 2.00 bits per heavy atom. The van der Waals surface area contributed by atoms with Crippen molar-refractivity contribution in [2.45, 2.75) is 40.5 Å². The summed E-state index contributed by atoms with van der Waals surface area (Å²) in [7, 11) is 0. The van der Waals surface area contributed by atoms with Gasteiger partial charge in [0.2, 0.25) is 0 Å². The normalized spacial score (nSPS) is 25.8. The smallest absolute Gasteiger partial charge is 0.193 e. The summed E-state index contributed by atoms with van der Waals surface area (Å²) < 4.78 is 0. The van der Waals surface area contributed by atoms with E-state index < -0.39 is 0 Å². The molecule has 0 bridgehead atoms. The molecule has 2 unspecified atom stereocenters. The van der Waals surface area contributed by atoms with Crippen molar-refractivity contribution in [1.82, 2.24) is 10.2 Å². The Labute approximate surface area is 112 Å². The molecule has 2 atom stereocenters. The lowest BCUT2D eigenvalue weighted by atomic mass is 9.92. The average Bonchev–Trinajstić information content (AvgIpc) is 2.32. The fraction of sp³-hybridized carbons (Fsp3) is 0.800. The summed E-state index contributed by atoms with van der Waals surface area (Å²) >= 11 is 0. The second-order valence-electron chi connectivity index (χ2n) is 5.44. The van der Waals surface area contributed by atoms with Crippen LogP contribution in [-0.4, -0.2) is 37.0 Å². The molecule has 1 aliphatic rings. The number of nitrogens with zero attached hydrogens (tertiary/aromatic N) is 2. The number of hydrogen-bond donors (Lipinski definition) is 1. The van der Waals surface area contributed by atoms with Crippen LogP contribution in [0.15, 0.2) is 17.1 Å². The van der Waals surface area contributed by atoms with Crippen LogP contribution in [0.4, 0.5) is 0 Å². The van der Waals surface area contributed by atoms with E-state index in [-0.39, 0.29) is 0 Å². The number of piperidine rings is 1. The highest BCUT2D eigenvalue weighted by Crippen LogP contribution is 2.20. The van der Waals surface area contributed by atoms with Crippen molar-refractivity contribution < 1.29 is 0 Å². The van der Waals surface area contributed by atoms with Crippen molar-refractivity contribution in [2.24, 2.45) is 16.8 Å². The van der Waals surface area contributed by atoms with Crippen molar-refractivity contribution in [2.75, 3.05) is 26.2 Å². The van der Waals surface area contributed by atoms with Crippen molar-refractivity contribution >= 4 is 5.96 Å². The lowest BCUT2D eigenvalue weighted by Crippen LogP contribution is -2.48. The third kappa shape index (κ3) is 5.11. The highest BCUT2D eigenvalue weighted by atomic mass is 15.3. The van der Waals surface area contributed by atoms with E-state index in [4.69, 9.17) is 4.99 Å². The van der Waals surface area contributed by atoms with E-state index in [1.807, 2.05) is 0 Å².